The summed E-state index contributed by atoms with van der Waals surface area (Å²) in [5, 5.41) is 15.5. The molecule has 1 saturated heterocycles. The number of carbonyl (C=O) groups is 3. The lowest BCUT2D eigenvalue weighted by atomic mass is 9.88. The molecule has 226 valence electrons. The van der Waals surface area contributed by atoms with Crippen LogP contribution in [0.5, 0.6) is 0 Å². The quantitative estimate of drug-likeness (QED) is 0.357. The lowest BCUT2D eigenvalue weighted by Gasteiger charge is -2.33. The summed E-state index contributed by atoms with van der Waals surface area (Å²) in [6.07, 6.45) is 1.20. The number of aromatic nitrogens is 2. The summed E-state index contributed by atoms with van der Waals surface area (Å²) in [4.78, 5) is 40.9. The SMILES string of the molecule is CC(C)n1nccc1C(=O)N[C@H](C(=O)Nc1ccc2c(c1)CNCC2N1C[C@@H](C(F)(F)F)NC1=O)C(C1CC1)C1CC1. The van der Waals surface area contributed by atoms with Crippen molar-refractivity contribution in [1.82, 2.24) is 30.6 Å². The highest BCUT2D eigenvalue weighted by Gasteiger charge is 2.50. The molecule has 2 aliphatic heterocycles. The summed E-state index contributed by atoms with van der Waals surface area (Å²) in [5.74, 6) is 0.192. The molecule has 2 aliphatic carbocycles. The van der Waals surface area contributed by atoms with E-state index >= 15 is 0 Å². The maximum atomic E-state index is 13.8. The normalized spacial score (nSPS) is 23.1. The molecule has 42 heavy (non-hydrogen) atoms. The van der Waals surface area contributed by atoms with Crippen LogP contribution in [0.25, 0.3) is 0 Å². The standard InChI is InChI=1S/C29H36F3N7O3/c1-15(2)39-21(9-10-34-39)26(40)37-25(24(16-3-4-16)17-5-6-17)27(41)35-19-7-8-20-18(11-19)12-33-13-22(20)38-14-23(29(30,31)32)36-28(38)42/h7-11,15-17,22-25,33H,3-6,12-14H2,1-2H3,(H,35,41)(H,36,42)(H,37,40)/t22?,23-,25-/m0/s1. The number of nitrogens with one attached hydrogen (secondary N) is 4. The zero-order chi connectivity index (χ0) is 29.8. The highest BCUT2D eigenvalue weighted by molar-refractivity contribution is 6.01. The van der Waals surface area contributed by atoms with Gasteiger partial charge in [0.1, 0.15) is 17.8 Å². The van der Waals surface area contributed by atoms with Crippen LogP contribution in [0, 0.1) is 17.8 Å². The number of fused-ring (bicyclic) bond motifs is 1. The zero-order valence-electron chi connectivity index (χ0n) is 23.6. The molecule has 3 fully saturated rings. The average molecular weight is 588 g/mol. The fourth-order valence-electron chi connectivity index (χ4n) is 6.47. The molecule has 6 rings (SSSR count). The molecular weight excluding hydrogens is 551 g/mol. The van der Waals surface area contributed by atoms with Crippen LogP contribution in [0.3, 0.4) is 0 Å². The molecule has 3 heterocycles. The zero-order valence-corrected chi connectivity index (χ0v) is 23.6. The van der Waals surface area contributed by atoms with E-state index in [0.717, 1.165) is 36.8 Å². The minimum Gasteiger partial charge on any atom is -0.339 e. The Bertz CT molecular complexity index is 1360. The Morgan fingerprint density at radius 1 is 1.10 bits per heavy atom. The first-order valence-corrected chi connectivity index (χ1v) is 14.6. The van der Waals surface area contributed by atoms with Crippen LogP contribution >= 0.6 is 0 Å². The van der Waals surface area contributed by atoms with Gasteiger partial charge in [0.25, 0.3) is 5.91 Å². The lowest BCUT2D eigenvalue weighted by molar-refractivity contribution is -0.150. The maximum absolute atomic E-state index is 13.8. The van der Waals surface area contributed by atoms with Gasteiger partial charge in [0.15, 0.2) is 0 Å². The van der Waals surface area contributed by atoms with Crippen molar-refractivity contribution in [2.45, 2.75) is 76.4 Å². The van der Waals surface area contributed by atoms with E-state index < -0.39 is 36.9 Å². The fourth-order valence-corrected chi connectivity index (χ4v) is 6.47. The van der Waals surface area contributed by atoms with Crippen LogP contribution in [0.15, 0.2) is 30.5 Å². The second kappa shape index (κ2) is 10.9. The van der Waals surface area contributed by atoms with Crippen molar-refractivity contribution in [2.24, 2.45) is 17.8 Å². The lowest BCUT2D eigenvalue weighted by Crippen LogP contribution is -2.50. The summed E-state index contributed by atoms with van der Waals surface area (Å²) in [6, 6.07) is 2.94. The van der Waals surface area contributed by atoms with Crippen LogP contribution in [-0.4, -0.2) is 63.9 Å². The smallest absolute Gasteiger partial charge is 0.339 e. The number of rotatable bonds is 9. The molecule has 1 aromatic carbocycles. The van der Waals surface area contributed by atoms with Crippen molar-refractivity contribution in [1.29, 1.82) is 0 Å². The number of alkyl halides is 3. The molecule has 4 N–H and O–H groups in total. The first-order chi connectivity index (χ1) is 20.0. The van der Waals surface area contributed by atoms with Crippen LogP contribution in [0.4, 0.5) is 23.7 Å². The molecule has 4 aliphatic rings. The second-order valence-corrected chi connectivity index (χ2v) is 12.2. The number of benzene rings is 1. The van der Waals surface area contributed by atoms with Gasteiger partial charge in [-0.05, 0) is 86.6 Å². The summed E-state index contributed by atoms with van der Waals surface area (Å²) in [7, 11) is 0. The van der Waals surface area contributed by atoms with Gasteiger partial charge in [0.05, 0.1) is 12.6 Å². The van der Waals surface area contributed by atoms with E-state index in [4.69, 9.17) is 0 Å². The van der Waals surface area contributed by atoms with Gasteiger partial charge in [0.2, 0.25) is 5.91 Å². The van der Waals surface area contributed by atoms with Crippen LogP contribution < -0.4 is 21.3 Å². The molecule has 10 nitrogen and oxygen atoms in total. The molecule has 2 saturated carbocycles. The number of nitrogens with zero attached hydrogens (tertiary/aromatic N) is 3. The molecule has 1 aromatic heterocycles. The van der Waals surface area contributed by atoms with Gasteiger partial charge in [-0.15, -0.1) is 0 Å². The number of hydrogen-bond acceptors (Lipinski definition) is 5. The molecule has 0 radical (unpaired) electrons. The number of amides is 4. The third-order valence-corrected chi connectivity index (χ3v) is 8.81. The minimum atomic E-state index is -4.53. The van der Waals surface area contributed by atoms with Gasteiger partial charge in [-0.2, -0.15) is 18.3 Å². The van der Waals surface area contributed by atoms with Gasteiger partial charge >= 0.3 is 12.2 Å². The van der Waals surface area contributed by atoms with Gasteiger partial charge < -0.3 is 26.2 Å². The molecule has 1 unspecified atom stereocenters. The Morgan fingerprint density at radius 3 is 2.43 bits per heavy atom. The molecule has 0 spiro atoms. The van der Waals surface area contributed by atoms with E-state index in [9.17, 15) is 27.6 Å². The van der Waals surface area contributed by atoms with E-state index in [-0.39, 0.29) is 23.8 Å². The van der Waals surface area contributed by atoms with Gasteiger partial charge in [-0.1, -0.05) is 6.07 Å². The topological polar surface area (TPSA) is 120 Å². The third kappa shape index (κ3) is 5.70. The first kappa shape index (κ1) is 28.5. The summed E-state index contributed by atoms with van der Waals surface area (Å²) in [5.41, 5.74) is 2.45. The van der Waals surface area contributed by atoms with Crippen LogP contribution in [-0.2, 0) is 11.3 Å². The Labute approximate surface area is 241 Å². The number of urea groups is 1. The van der Waals surface area contributed by atoms with E-state index in [1.165, 1.54) is 4.90 Å². The number of carbonyl (C=O) groups excluding carboxylic acids is 3. The van der Waals surface area contributed by atoms with Crippen molar-refractivity contribution < 1.29 is 27.6 Å². The summed E-state index contributed by atoms with van der Waals surface area (Å²) in [6.45, 7) is 4.17. The Morgan fingerprint density at radius 2 is 1.81 bits per heavy atom. The minimum absolute atomic E-state index is 0.0189. The predicted molar refractivity (Wildman–Crippen MR) is 147 cm³/mol. The second-order valence-electron chi connectivity index (χ2n) is 12.2. The van der Waals surface area contributed by atoms with E-state index in [0.29, 0.717) is 36.3 Å². The van der Waals surface area contributed by atoms with Gasteiger partial charge in [0, 0.05) is 31.0 Å². The average Bonchev–Trinajstić information content (AvgIpc) is 3.86. The van der Waals surface area contributed by atoms with E-state index in [1.807, 2.05) is 19.2 Å². The van der Waals surface area contributed by atoms with Crippen molar-refractivity contribution >= 4 is 23.5 Å². The van der Waals surface area contributed by atoms with Gasteiger partial charge in [-0.3, -0.25) is 14.3 Å². The van der Waals surface area contributed by atoms with E-state index in [2.05, 4.69) is 21.0 Å². The third-order valence-electron chi connectivity index (χ3n) is 8.81. The summed E-state index contributed by atoms with van der Waals surface area (Å²) >= 11 is 0. The summed E-state index contributed by atoms with van der Waals surface area (Å²) < 4.78 is 41.4. The molecule has 2 aromatic rings. The van der Waals surface area contributed by atoms with Crippen molar-refractivity contribution in [3.8, 4) is 0 Å². The predicted octanol–water partition coefficient (Wildman–Crippen LogP) is 3.74. The first-order valence-electron chi connectivity index (χ1n) is 14.6. The Kier molecular flexibility index (Phi) is 7.40. The monoisotopic (exact) mass is 587 g/mol. The van der Waals surface area contributed by atoms with Crippen molar-refractivity contribution in [2.75, 3.05) is 18.4 Å². The number of halogens is 3. The van der Waals surface area contributed by atoms with Crippen LogP contribution in [0.1, 0.15) is 73.2 Å². The number of anilines is 1. The molecule has 3 atom stereocenters. The maximum Gasteiger partial charge on any atom is 0.410 e. The van der Waals surface area contributed by atoms with Crippen molar-refractivity contribution in [3.05, 3.63) is 47.3 Å². The highest BCUT2D eigenvalue weighted by atomic mass is 19.4. The van der Waals surface area contributed by atoms with E-state index in [1.54, 1.807) is 35.1 Å². The molecule has 13 heteroatoms. The molecule has 4 amide bonds. The Hall–Kier alpha value is -3.61. The number of hydrogen-bond donors (Lipinski definition) is 4. The largest absolute Gasteiger partial charge is 0.410 e. The van der Waals surface area contributed by atoms with Crippen LogP contribution in [0.2, 0.25) is 0 Å². The fraction of sp³-hybridized carbons (Fsp3) is 0.586. The van der Waals surface area contributed by atoms with Crippen molar-refractivity contribution in [3.63, 3.8) is 0 Å². The molecule has 0 bridgehead atoms. The van der Waals surface area contributed by atoms with Gasteiger partial charge in [-0.25, -0.2) is 4.79 Å². The molecular formula is C29H36F3N7O3. The highest BCUT2D eigenvalue weighted by Crippen LogP contribution is 2.51. The Balaban J connectivity index is 1.21.